The first-order valence-electron chi connectivity index (χ1n) is 4.89. The van der Waals surface area contributed by atoms with Crippen LogP contribution in [0.3, 0.4) is 0 Å². The molecule has 3 nitrogen and oxygen atoms in total. The van der Waals surface area contributed by atoms with E-state index in [1.54, 1.807) is 0 Å². The van der Waals surface area contributed by atoms with Crippen LogP contribution in [0.1, 0.15) is 12.5 Å². The molecule has 0 atom stereocenters. The van der Waals surface area contributed by atoms with Gasteiger partial charge in [-0.25, -0.2) is 0 Å². The minimum atomic E-state index is 0.583. The van der Waals surface area contributed by atoms with Crippen molar-refractivity contribution in [2.45, 2.75) is 13.5 Å². The molecule has 0 saturated heterocycles. The molecule has 1 heterocycles. The van der Waals surface area contributed by atoms with Gasteiger partial charge in [-0.05, 0) is 18.6 Å². The van der Waals surface area contributed by atoms with E-state index in [1.165, 1.54) is 11.3 Å². The largest absolute Gasteiger partial charge is 0.328 e. The number of nitrogens with zero attached hydrogens (tertiary/aromatic N) is 2. The molecule has 1 aliphatic rings. The van der Waals surface area contributed by atoms with Crippen LogP contribution in [-0.2, 0) is 6.54 Å². The van der Waals surface area contributed by atoms with E-state index in [1.807, 2.05) is 19.1 Å². The fourth-order valence-corrected chi connectivity index (χ4v) is 1.80. The summed E-state index contributed by atoms with van der Waals surface area (Å²) in [5.41, 5.74) is 8.08. The molecule has 1 aromatic carbocycles. The van der Waals surface area contributed by atoms with Crippen LogP contribution in [0.4, 0.5) is 5.69 Å². The van der Waals surface area contributed by atoms with Crippen LogP contribution >= 0.6 is 0 Å². The molecule has 0 radical (unpaired) electrons. The first-order valence-corrected chi connectivity index (χ1v) is 4.89. The van der Waals surface area contributed by atoms with Crippen molar-refractivity contribution < 1.29 is 0 Å². The number of rotatable bonds is 2. The number of para-hydroxylation sites is 1. The molecule has 0 saturated carbocycles. The lowest BCUT2D eigenvalue weighted by Gasteiger charge is -2.21. The molecule has 0 aliphatic carbocycles. The van der Waals surface area contributed by atoms with E-state index < -0.39 is 0 Å². The van der Waals surface area contributed by atoms with Crippen LogP contribution in [0.5, 0.6) is 0 Å². The third-order valence-electron chi connectivity index (χ3n) is 2.56. The highest BCUT2D eigenvalue weighted by atomic mass is 15.2. The Kier molecular flexibility index (Phi) is 2.50. The second-order valence-electron chi connectivity index (χ2n) is 3.41. The maximum absolute atomic E-state index is 5.70. The Labute approximate surface area is 84.2 Å². The zero-order chi connectivity index (χ0) is 9.97. The van der Waals surface area contributed by atoms with Crippen molar-refractivity contribution in [1.82, 2.24) is 0 Å². The van der Waals surface area contributed by atoms with Gasteiger partial charge in [0.15, 0.2) is 0 Å². The predicted octanol–water partition coefficient (Wildman–Crippen LogP) is 1.38. The van der Waals surface area contributed by atoms with E-state index in [0.717, 1.165) is 18.9 Å². The molecule has 0 aromatic heterocycles. The molecule has 74 valence electrons. The van der Waals surface area contributed by atoms with Gasteiger partial charge >= 0.3 is 0 Å². The van der Waals surface area contributed by atoms with Crippen LogP contribution in [0, 0.1) is 0 Å². The third kappa shape index (κ3) is 1.51. The average molecular weight is 189 g/mol. The molecule has 1 aromatic rings. The van der Waals surface area contributed by atoms with Crippen molar-refractivity contribution in [2.75, 3.05) is 18.0 Å². The fraction of sp³-hybridized carbons (Fsp3) is 0.364. The van der Waals surface area contributed by atoms with Crippen LogP contribution in [0.2, 0.25) is 0 Å². The Hall–Kier alpha value is -1.35. The Bertz CT molecular complexity index is 357. The highest BCUT2D eigenvalue weighted by Gasteiger charge is 2.16. The number of hydrogen-bond donors (Lipinski definition) is 1. The first-order chi connectivity index (χ1) is 6.83. The van der Waals surface area contributed by atoms with Crippen molar-refractivity contribution in [3.63, 3.8) is 0 Å². The lowest BCUT2D eigenvalue weighted by Crippen LogP contribution is -2.26. The molecule has 0 spiro atoms. The summed E-state index contributed by atoms with van der Waals surface area (Å²) >= 11 is 0. The summed E-state index contributed by atoms with van der Waals surface area (Å²) in [6.45, 7) is 4.49. The molecule has 1 aliphatic heterocycles. The number of hydrogen-bond acceptors (Lipinski definition) is 3. The topological polar surface area (TPSA) is 41.6 Å². The molecular formula is C11H15N3. The maximum Gasteiger partial charge on any atom is 0.100 e. The zero-order valence-electron chi connectivity index (χ0n) is 8.40. The number of amidine groups is 1. The van der Waals surface area contributed by atoms with Crippen LogP contribution in [0.15, 0.2) is 29.3 Å². The quantitative estimate of drug-likeness (QED) is 0.763. The van der Waals surface area contributed by atoms with Gasteiger partial charge < -0.3 is 10.6 Å². The van der Waals surface area contributed by atoms with Crippen molar-refractivity contribution in [2.24, 2.45) is 10.7 Å². The van der Waals surface area contributed by atoms with Crippen molar-refractivity contribution in [1.29, 1.82) is 0 Å². The van der Waals surface area contributed by atoms with Gasteiger partial charge in [0, 0.05) is 18.8 Å². The second kappa shape index (κ2) is 3.80. The van der Waals surface area contributed by atoms with E-state index in [9.17, 15) is 0 Å². The van der Waals surface area contributed by atoms with Gasteiger partial charge in [0.1, 0.15) is 5.84 Å². The lowest BCUT2D eigenvalue weighted by molar-refractivity contribution is 0.992. The normalized spacial score (nSPS) is 15.9. The standard InChI is InChI=1S/C11H15N3/c1-9-13-6-7-14(9)11-5-3-2-4-10(11)8-12/h2-5H,6-8,12H2,1H3. The molecular weight excluding hydrogens is 174 g/mol. The molecule has 14 heavy (non-hydrogen) atoms. The predicted molar refractivity (Wildman–Crippen MR) is 59.7 cm³/mol. The lowest BCUT2D eigenvalue weighted by atomic mass is 10.1. The summed E-state index contributed by atoms with van der Waals surface area (Å²) in [5, 5.41) is 0. The number of aliphatic imine (C=N–C) groups is 1. The average Bonchev–Trinajstić information content (AvgIpc) is 2.64. The monoisotopic (exact) mass is 189 g/mol. The first kappa shape index (κ1) is 9.21. The molecule has 0 bridgehead atoms. The smallest absolute Gasteiger partial charge is 0.100 e. The van der Waals surface area contributed by atoms with Gasteiger partial charge in [-0.15, -0.1) is 0 Å². The Morgan fingerprint density at radius 1 is 1.43 bits per heavy atom. The van der Waals surface area contributed by atoms with Gasteiger partial charge in [0.2, 0.25) is 0 Å². The second-order valence-corrected chi connectivity index (χ2v) is 3.41. The van der Waals surface area contributed by atoms with Crippen molar-refractivity contribution in [3.8, 4) is 0 Å². The Balaban J connectivity index is 2.36. The van der Waals surface area contributed by atoms with E-state index >= 15 is 0 Å². The van der Waals surface area contributed by atoms with Gasteiger partial charge in [0.25, 0.3) is 0 Å². The Morgan fingerprint density at radius 2 is 2.21 bits per heavy atom. The van der Waals surface area contributed by atoms with Crippen LogP contribution in [-0.4, -0.2) is 18.9 Å². The molecule has 2 N–H and O–H groups in total. The molecule has 0 unspecified atom stereocenters. The molecule has 0 amide bonds. The van der Waals surface area contributed by atoms with E-state index in [0.29, 0.717) is 6.54 Å². The number of anilines is 1. The van der Waals surface area contributed by atoms with Crippen LogP contribution < -0.4 is 10.6 Å². The maximum atomic E-state index is 5.70. The van der Waals surface area contributed by atoms with Crippen LogP contribution in [0.25, 0.3) is 0 Å². The fourth-order valence-electron chi connectivity index (χ4n) is 1.80. The summed E-state index contributed by atoms with van der Waals surface area (Å²) in [4.78, 5) is 6.60. The van der Waals surface area contributed by atoms with Crippen molar-refractivity contribution in [3.05, 3.63) is 29.8 Å². The number of benzene rings is 1. The Morgan fingerprint density at radius 3 is 2.86 bits per heavy atom. The summed E-state index contributed by atoms with van der Waals surface area (Å²) in [6.07, 6.45) is 0. The van der Waals surface area contributed by atoms with E-state index in [-0.39, 0.29) is 0 Å². The number of nitrogens with two attached hydrogens (primary N) is 1. The molecule has 2 rings (SSSR count). The zero-order valence-corrected chi connectivity index (χ0v) is 8.40. The molecule has 3 heteroatoms. The van der Waals surface area contributed by atoms with E-state index in [4.69, 9.17) is 5.73 Å². The minimum Gasteiger partial charge on any atom is -0.328 e. The highest BCUT2D eigenvalue weighted by Crippen LogP contribution is 2.22. The van der Waals surface area contributed by atoms with E-state index in [2.05, 4.69) is 22.0 Å². The summed E-state index contributed by atoms with van der Waals surface area (Å²) in [6, 6.07) is 8.24. The summed E-state index contributed by atoms with van der Waals surface area (Å²) in [7, 11) is 0. The molecule has 0 fully saturated rings. The van der Waals surface area contributed by atoms with Gasteiger partial charge in [-0.1, -0.05) is 18.2 Å². The van der Waals surface area contributed by atoms with Gasteiger partial charge in [0.05, 0.1) is 6.54 Å². The van der Waals surface area contributed by atoms with Gasteiger partial charge in [-0.3, -0.25) is 4.99 Å². The SMILES string of the molecule is CC1=NCCN1c1ccccc1CN. The van der Waals surface area contributed by atoms with Gasteiger partial charge in [-0.2, -0.15) is 0 Å². The third-order valence-corrected chi connectivity index (χ3v) is 2.56. The van der Waals surface area contributed by atoms with Crippen molar-refractivity contribution >= 4 is 11.5 Å². The minimum absolute atomic E-state index is 0.583. The summed E-state index contributed by atoms with van der Waals surface area (Å²) in [5.74, 6) is 1.09. The summed E-state index contributed by atoms with van der Waals surface area (Å²) < 4.78 is 0. The highest BCUT2D eigenvalue weighted by molar-refractivity contribution is 5.98.